The number of carboxylic acids is 1. The van der Waals surface area contributed by atoms with E-state index in [1.807, 2.05) is 0 Å². The lowest BCUT2D eigenvalue weighted by molar-refractivity contribution is -0.147. The van der Waals surface area contributed by atoms with E-state index in [-0.39, 0.29) is 17.9 Å². The van der Waals surface area contributed by atoms with Crippen LogP contribution in [0.25, 0.3) is 0 Å². The highest BCUT2D eigenvalue weighted by atomic mass is 16.4. The van der Waals surface area contributed by atoms with Crippen LogP contribution in [0.15, 0.2) is 0 Å². The van der Waals surface area contributed by atoms with E-state index in [1.54, 1.807) is 13.8 Å². The summed E-state index contributed by atoms with van der Waals surface area (Å²) in [7, 11) is 0. The first-order valence-electron chi connectivity index (χ1n) is 6.56. The standard InChI is InChI=1S/C13H24N2O3/c1-4-5-13(6-7-14-9-13)10(16)15-8-12(2,3)11(17)18/h14H,4-9H2,1-3H3,(H,15,16)(H,17,18). The fourth-order valence-corrected chi connectivity index (χ4v) is 2.31. The zero-order valence-electron chi connectivity index (χ0n) is 11.5. The molecular weight excluding hydrogens is 232 g/mol. The Hall–Kier alpha value is -1.10. The number of rotatable bonds is 6. The highest BCUT2D eigenvalue weighted by Crippen LogP contribution is 2.31. The summed E-state index contributed by atoms with van der Waals surface area (Å²) < 4.78 is 0. The van der Waals surface area contributed by atoms with Crippen LogP contribution in [0.3, 0.4) is 0 Å². The molecule has 0 aromatic carbocycles. The number of nitrogens with one attached hydrogen (secondary N) is 2. The molecule has 1 fully saturated rings. The Morgan fingerprint density at radius 1 is 1.44 bits per heavy atom. The molecule has 18 heavy (non-hydrogen) atoms. The minimum atomic E-state index is -0.922. The number of aliphatic carboxylic acids is 1. The Balaban J connectivity index is 2.61. The van der Waals surface area contributed by atoms with Crippen LogP contribution in [-0.2, 0) is 9.59 Å². The van der Waals surface area contributed by atoms with E-state index in [4.69, 9.17) is 5.11 Å². The van der Waals surface area contributed by atoms with Gasteiger partial charge in [-0.25, -0.2) is 0 Å². The maximum atomic E-state index is 12.3. The Kier molecular flexibility index (Phi) is 4.73. The number of carbonyl (C=O) groups excluding carboxylic acids is 1. The molecule has 5 nitrogen and oxygen atoms in total. The van der Waals surface area contributed by atoms with Crippen molar-refractivity contribution >= 4 is 11.9 Å². The molecule has 1 rings (SSSR count). The lowest BCUT2D eigenvalue weighted by Crippen LogP contribution is -2.47. The first kappa shape index (κ1) is 15.0. The van der Waals surface area contributed by atoms with E-state index >= 15 is 0 Å². The van der Waals surface area contributed by atoms with Gasteiger partial charge in [0.2, 0.25) is 5.91 Å². The Morgan fingerprint density at radius 3 is 2.56 bits per heavy atom. The van der Waals surface area contributed by atoms with Crippen LogP contribution >= 0.6 is 0 Å². The van der Waals surface area contributed by atoms with Gasteiger partial charge in [0, 0.05) is 13.1 Å². The molecule has 1 saturated heterocycles. The Morgan fingerprint density at radius 2 is 2.11 bits per heavy atom. The van der Waals surface area contributed by atoms with Gasteiger partial charge in [0.15, 0.2) is 0 Å². The van der Waals surface area contributed by atoms with E-state index in [0.29, 0.717) is 6.54 Å². The van der Waals surface area contributed by atoms with Crippen LogP contribution in [0.5, 0.6) is 0 Å². The number of hydrogen-bond acceptors (Lipinski definition) is 3. The summed E-state index contributed by atoms with van der Waals surface area (Å²) in [4.78, 5) is 23.3. The third kappa shape index (κ3) is 3.22. The molecule has 1 heterocycles. The maximum absolute atomic E-state index is 12.3. The molecule has 1 aliphatic heterocycles. The predicted molar refractivity (Wildman–Crippen MR) is 69.3 cm³/mol. The van der Waals surface area contributed by atoms with Crippen LogP contribution in [0.1, 0.15) is 40.0 Å². The fraction of sp³-hybridized carbons (Fsp3) is 0.846. The second-order valence-corrected chi connectivity index (χ2v) is 5.83. The van der Waals surface area contributed by atoms with Crippen LogP contribution in [0.4, 0.5) is 0 Å². The van der Waals surface area contributed by atoms with Crippen molar-refractivity contribution in [1.29, 1.82) is 0 Å². The zero-order chi connectivity index (χ0) is 13.8. The van der Waals surface area contributed by atoms with Crippen LogP contribution in [-0.4, -0.2) is 36.6 Å². The maximum Gasteiger partial charge on any atom is 0.310 e. The van der Waals surface area contributed by atoms with E-state index in [1.165, 1.54) is 0 Å². The molecule has 1 unspecified atom stereocenters. The molecule has 0 bridgehead atoms. The van der Waals surface area contributed by atoms with Crippen molar-refractivity contribution in [3.05, 3.63) is 0 Å². The van der Waals surface area contributed by atoms with Crippen LogP contribution in [0, 0.1) is 10.8 Å². The molecule has 0 aromatic heterocycles. The van der Waals surface area contributed by atoms with Crippen LogP contribution in [0.2, 0.25) is 0 Å². The molecule has 0 radical (unpaired) electrons. The van der Waals surface area contributed by atoms with Crippen molar-refractivity contribution in [1.82, 2.24) is 10.6 Å². The van der Waals surface area contributed by atoms with E-state index in [9.17, 15) is 9.59 Å². The fourth-order valence-electron chi connectivity index (χ4n) is 2.31. The van der Waals surface area contributed by atoms with E-state index in [2.05, 4.69) is 17.6 Å². The Labute approximate surface area is 108 Å². The number of amides is 1. The van der Waals surface area contributed by atoms with Crippen molar-refractivity contribution in [3.8, 4) is 0 Å². The first-order valence-corrected chi connectivity index (χ1v) is 6.56. The molecule has 0 spiro atoms. The van der Waals surface area contributed by atoms with Gasteiger partial charge < -0.3 is 15.7 Å². The van der Waals surface area contributed by atoms with Crippen molar-refractivity contribution in [2.75, 3.05) is 19.6 Å². The topological polar surface area (TPSA) is 78.4 Å². The minimum absolute atomic E-state index is 0.0105. The summed E-state index contributed by atoms with van der Waals surface area (Å²) in [6, 6.07) is 0. The van der Waals surface area contributed by atoms with Crippen LogP contribution < -0.4 is 10.6 Å². The predicted octanol–water partition coefficient (Wildman–Crippen LogP) is 0.993. The van der Waals surface area contributed by atoms with Gasteiger partial charge in [0.25, 0.3) is 0 Å². The third-order valence-electron chi connectivity index (χ3n) is 3.72. The van der Waals surface area contributed by atoms with Crippen molar-refractivity contribution in [3.63, 3.8) is 0 Å². The number of carbonyl (C=O) groups is 2. The normalized spacial score (nSPS) is 23.9. The van der Waals surface area contributed by atoms with Crippen molar-refractivity contribution in [2.24, 2.45) is 10.8 Å². The molecule has 5 heteroatoms. The largest absolute Gasteiger partial charge is 0.481 e. The molecule has 3 N–H and O–H groups in total. The number of hydrogen-bond donors (Lipinski definition) is 3. The van der Waals surface area contributed by atoms with Gasteiger partial charge in [-0.15, -0.1) is 0 Å². The zero-order valence-corrected chi connectivity index (χ0v) is 11.5. The summed E-state index contributed by atoms with van der Waals surface area (Å²) in [5, 5.41) is 15.1. The summed E-state index contributed by atoms with van der Waals surface area (Å²) in [6.45, 7) is 7.03. The lowest BCUT2D eigenvalue weighted by atomic mass is 9.81. The SMILES string of the molecule is CCCC1(C(=O)NCC(C)(C)C(=O)O)CCNC1. The molecule has 1 amide bonds. The van der Waals surface area contributed by atoms with E-state index in [0.717, 1.165) is 25.8 Å². The van der Waals surface area contributed by atoms with Gasteiger partial charge in [-0.1, -0.05) is 13.3 Å². The number of carboxylic acid groups (broad SMARTS) is 1. The highest BCUT2D eigenvalue weighted by Gasteiger charge is 2.41. The third-order valence-corrected chi connectivity index (χ3v) is 3.72. The van der Waals surface area contributed by atoms with Crippen molar-refractivity contribution < 1.29 is 14.7 Å². The highest BCUT2D eigenvalue weighted by molar-refractivity contribution is 5.84. The molecular formula is C13H24N2O3. The van der Waals surface area contributed by atoms with Gasteiger partial charge >= 0.3 is 5.97 Å². The summed E-state index contributed by atoms with van der Waals surface area (Å²) in [5.41, 5.74) is -1.27. The molecule has 1 aliphatic rings. The monoisotopic (exact) mass is 256 g/mol. The second kappa shape index (κ2) is 5.69. The summed E-state index contributed by atoms with van der Waals surface area (Å²) >= 11 is 0. The average Bonchev–Trinajstić information content (AvgIpc) is 2.76. The molecule has 0 aliphatic carbocycles. The lowest BCUT2D eigenvalue weighted by Gasteiger charge is -2.28. The van der Waals surface area contributed by atoms with Gasteiger partial charge in [-0.2, -0.15) is 0 Å². The molecule has 0 aromatic rings. The first-order chi connectivity index (χ1) is 8.34. The summed E-state index contributed by atoms with van der Waals surface area (Å²) in [6.07, 6.45) is 2.64. The van der Waals surface area contributed by atoms with Gasteiger partial charge in [-0.3, -0.25) is 9.59 Å². The minimum Gasteiger partial charge on any atom is -0.481 e. The Bertz CT molecular complexity index is 320. The van der Waals surface area contributed by atoms with E-state index < -0.39 is 11.4 Å². The summed E-state index contributed by atoms with van der Waals surface area (Å²) in [5.74, 6) is -0.902. The van der Waals surface area contributed by atoms with Gasteiger partial charge in [-0.05, 0) is 33.2 Å². The van der Waals surface area contributed by atoms with Crippen molar-refractivity contribution in [2.45, 2.75) is 40.0 Å². The van der Waals surface area contributed by atoms with Gasteiger partial charge in [0.05, 0.1) is 10.8 Å². The quantitative estimate of drug-likeness (QED) is 0.662. The average molecular weight is 256 g/mol. The second-order valence-electron chi connectivity index (χ2n) is 5.83. The molecule has 1 atom stereocenters. The van der Waals surface area contributed by atoms with Gasteiger partial charge in [0.1, 0.15) is 0 Å². The smallest absolute Gasteiger partial charge is 0.310 e. The molecule has 0 saturated carbocycles. The molecule has 104 valence electrons.